The third kappa shape index (κ3) is 2.89. The summed E-state index contributed by atoms with van der Waals surface area (Å²) in [6.45, 7) is 1.82. The Kier molecular flexibility index (Phi) is 4.76. The number of aliphatic hydroxyl groups excluding tert-OH is 1. The zero-order chi connectivity index (χ0) is 21.9. The summed E-state index contributed by atoms with van der Waals surface area (Å²) in [5, 5.41) is 16.5. The largest absolute Gasteiger partial charge is 0.392 e. The molecule has 3 aliphatic heterocycles. The fraction of sp³-hybridized carbons (Fsp3) is 0.348. The van der Waals surface area contributed by atoms with Gasteiger partial charge in [0.25, 0.3) is 0 Å². The average molecular weight is 484 g/mol. The third-order valence-corrected chi connectivity index (χ3v) is 7.18. The molecule has 2 aromatic rings. The number of amides is 3. The highest BCUT2D eigenvalue weighted by atomic mass is 79.9. The number of carbonyl (C=O) groups excluding carboxylic acids is 3. The van der Waals surface area contributed by atoms with E-state index in [-0.39, 0.29) is 24.3 Å². The van der Waals surface area contributed by atoms with Crippen LogP contribution in [0.4, 0.5) is 5.69 Å². The first-order valence-electron chi connectivity index (χ1n) is 10.3. The van der Waals surface area contributed by atoms with Gasteiger partial charge in [-0.1, -0.05) is 46.3 Å². The lowest BCUT2D eigenvalue weighted by Gasteiger charge is -2.30. The van der Waals surface area contributed by atoms with Crippen LogP contribution in [0.2, 0.25) is 0 Å². The van der Waals surface area contributed by atoms with Gasteiger partial charge in [0.1, 0.15) is 5.54 Å². The lowest BCUT2D eigenvalue weighted by atomic mass is 9.76. The van der Waals surface area contributed by atoms with Gasteiger partial charge in [-0.2, -0.15) is 0 Å². The molecule has 8 heteroatoms. The lowest BCUT2D eigenvalue weighted by Crippen LogP contribution is -2.55. The van der Waals surface area contributed by atoms with Crippen molar-refractivity contribution in [3.05, 3.63) is 64.1 Å². The highest BCUT2D eigenvalue weighted by Gasteiger charge is 2.71. The Balaban J connectivity index is 1.55. The van der Waals surface area contributed by atoms with Crippen LogP contribution in [0.3, 0.4) is 0 Å². The zero-order valence-electron chi connectivity index (χ0n) is 16.8. The molecule has 0 aromatic heterocycles. The minimum atomic E-state index is -1.39. The number of nitrogens with zero attached hydrogens (tertiary/aromatic N) is 1. The molecule has 5 unspecified atom stereocenters. The maximum atomic E-state index is 13.6. The van der Waals surface area contributed by atoms with Crippen molar-refractivity contribution < 1.29 is 19.5 Å². The van der Waals surface area contributed by atoms with Crippen LogP contribution < -0.4 is 10.6 Å². The third-order valence-electron chi connectivity index (χ3n) is 6.69. The van der Waals surface area contributed by atoms with Crippen LogP contribution in [-0.4, -0.2) is 46.4 Å². The van der Waals surface area contributed by atoms with Gasteiger partial charge in [-0.15, -0.1) is 0 Å². The van der Waals surface area contributed by atoms with Gasteiger partial charge in [-0.05, 0) is 37.1 Å². The predicted molar refractivity (Wildman–Crippen MR) is 117 cm³/mol. The Morgan fingerprint density at radius 1 is 1.13 bits per heavy atom. The molecule has 3 amide bonds. The maximum Gasteiger partial charge on any atom is 0.250 e. The molecule has 5 rings (SSSR count). The molecule has 7 nitrogen and oxygen atoms in total. The van der Waals surface area contributed by atoms with E-state index in [2.05, 4.69) is 26.6 Å². The number of imide groups is 1. The van der Waals surface area contributed by atoms with E-state index in [1.807, 2.05) is 36.4 Å². The number of nitrogens with one attached hydrogen (secondary N) is 2. The highest BCUT2D eigenvalue weighted by molar-refractivity contribution is 9.10. The van der Waals surface area contributed by atoms with Crippen molar-refractivity contribution in [1.82, 2.24) is 10.2 Å². The summed E-state index contributed by atoms with van der Waals surface area (Å²) < 4.78 is 0.763. The van der Waals surface area contributed by atoms with Crippen LogP contribution in [0.15, 0.2) is 53.0 Å². The zero-order valence-corrected chi connectivity index (χ0v) is 18.4. The molecule has 3 aliphatic rings. The highest BCUT2D eigenvalue weighted by Crippen LogP contribution is 2.53. The minimum absolute atomic E-state index is 0.240. The summed E-state index contributed by atoms with van der Waals surface area (Å²) in [7, 11) is 0. The number of hydrogen-bond acceptors (Lipinski definition) is 5. The molecule has 2 saturated heterocycles. The van der Waals surface area contributed by atoms with E-state index < -0.39 is 29.5 Å². The smallest absolute Gasteiger partial charge is 0.250 e. The van der Waals surface area contributed by atoms with Crippen molar-refractivity contribution in [3.8, 4) is 0 Å². The Morgan fingerprint density at radius 3 is 2.58 bits per heavy atom. The number of aliphatic hydroxyl groups is 1. The lowest BCUT2D eigenvalue weighted by molar-refractivity contribution is -0.143. The molecule has 3 heterocycles. The summed E-state index contributed by atoms with van der Waals surface area (Å²) >= 11 is 3.44. The summed E-state index contributed by atoms with van der Waals surface area (Å²) in [6.07, 6.45) is -0.381. The van der Waals surface area contributed by atoms with Gasteiger partial charge < -0.3 is 10.4 Å². The van der Waals surface area contributed by atoms with Gasteiger partial charge in [-0.25, -0.2) is 0 Å². The van der Waals surface area contributed by atoms with Crippen molar-refractivity contribution in [1.29, 1.82) is 0 Å². The number of hydrogen-bond donors (Lipinski definition) is 3. The molecule has 5 atom stereocenters. The number of rotatable bonds is 4. The molecular weight excluding hydrogens is 462 g/mol. The number of halogens is 1. The number of anilines is 1. The van der Waals surface area contributed by atoms with E-state index in [1.54, 1.807) is 19.1 Å². The molecule has 0 aliphatic carbocycles. The number of benzene rings is 2. The standard InChI is InChI=1S/C23H22BrN3O4/c1-12(28)19-17-18(21(30)27(20(17)29)10-9-13-5-3-2-4-6-13)23(26-19)15-11-14(24)7-8-16(15)25-22(23)31/h2-8,11-12,17-19,26,28H,9-10H2,1H3,(H,25,31). The second-order valence-corrected chi connectivity index (χ2v) is 9.35. The second-order valence-electron chi connectivity index (χ2n) is 8.43. The molecule has 3 N–H and O–H groups in total. The van der Waals surface area contributed by atoms with Gasteiger partial charge >= 0.3 is 0 Å². The fourth-order valence-electron chi connectivity index (χ4n) is 5.28. The van der Waals surface area contributed by atoms with E-state index in [0.29, 0.717) is 17.7 Å². The summed E-state index contributed by atoms with van der Waals surface area (Å²) in [5.41, 5.74) is 0.859. The minimum Gasteiger partial charge on any atom is -0.392 e. The summed E-state index contributed by atoms with van der Waals surface area (Å²) in [6, 6.07) is 14.3. The van der Waals surface area contributed by atoms with Crippen molar-refractivity contribution in [2.45, 2.75) is 31.0 Å². The molecule has 0 saturated carbocycles. The first kappa shape index (κ1) is 20.4. The van der Waals surface area contributed by atoms with Gasteiger partial charge in [0.15, 0.2) is 0 Å². The number of carbonyl (C=O) groups is 3. The van der Waals surface area contributed by atoms with Crippen LogP contribution in [0.25, 0.3) is 0 Å². The molecule has 2 fully saturated rings. The topological polar surface area (TPSA) is 98.7 Å². The summed E-state index contributed by atoms with van der Waals surface area (Å²) in [5.74, 6) is -2.79. The monoisotopic (exact) mass is 483 g/mol. The maximum absolute atomic E-state index is 13.6. The van der Waals surface area contributed by atoms with Crippen molar-refractivity contribution >= 4 is 39.3 Å². The van der Waals surface area contributed by atoms with E-state index in [9.17, 15) is 19.5 Å². The van der Waals surface area contributed by atoms with Crippen LogP contribution in [0.1, 0.15) is 18.1 Å². The Bertz CT molecular complexity index is 1090. The summed E-state index contributed by atoms with van der Waals surface area (Å²) in [4.78, 5) is 41.5. The van der Waals surface area contributed by atoms with Gasteiger partial charge in [-0.3, -0.25) is 24.6 Å². The van der Waals surface area contributed by atoms with E-state index in [0.717, 1.165) is 10.0 Å². The van der Waals surface area contributed by atoms with Crippen LogP contribution in [0.5, 0.6) is 0 Å². The fourth-order valence-corrected chi connectivity index (χ4v) is 5.65. The van der Waals surface area contributed by atoms with Crippen molar-refractivity contribution in [3.63, 3.8) is 0 Å². The van der Waals surface area contributed by atoms with E-state index >= 15 is 0 Å². The van der Waals surface area contributed by atoms with E-state index in [4.69, 9.17) is 0 Å². The number of likely N-dealkylation sites (tertiary alicyclic amines) is 1. The first-order chi connectivity index (χ1) is 14.8. The molecule has 2 aromatic carbocycles. The van der Waals surface area contributed by atoms with Crippen molar-refractivity contribution in [2.24, 2.45) is 11.8 Å². The van der Waals surface area contributed by atoms with Crippen LogP contribution >= 0.6 is 15.9 Å². The second kappa shape index (κ2) is 7.25. The molecule has 0 bridgehead atoms. The normalized spacial score (nSPS) is 30.0. The predicted octanol–water partition coefficient (Wildman–Crippen LogP) is 1.79. The molecule has 31 heavy (non-hydrogen) atoms. The molecule has 0 radical (unpaired) electrons. The Morgan fingerprint density at radius 2 is 1.87 bits per heavy atom. The first-order valence-corrected chi connectivity index (χ1v) is 11.1. The molecular formula is C23H22BrN3O4. The van der Waals surface area contributed by atoms with Gasteiger partial charge in [0, 0.05) is 28.3 Å². The Hall–Kier alpha value is -2.55. The van der Waals surface area contributed by atoms with E-state index in [1.165, 1.54) is 4.90 Å². The van der Waals surface area contributed by atoms with Crippen LogP contribution in [0, 0.1) is 11.8 Å². The molecule has 1 spiro atoms. The Labute approximate surface area is 187 Å². The average Bonchev–Trinajstić information content (AvgIpc) is 3.33. The van der Waals surface area contributed by atoms with Gasteiger partial charge in [0.2, 0.25) is 17.7 Å². The van der Waals surface area contributed by atoms with Gasteiger partial charge in [0.05, 0.1) is 17.9 Å². The van der Waals surface area contributed by atoms with Crippen LogP contribution in [-0.2, 0) is 26.3 Å². The quantitative estimate of drug-likeness (QED) is 0.575. The SMILES string of the molecule is CC(O)C1NC2(C(=O)Nc3ccc(Br)cc32)C2C(=O)N(CCc3ccccc3)C(=O)C12. The number of fused-ring (bicyclic) bond motifs is 4. The molecule has 160 valence electrons. The van der Waals surface area contributed by atoms with Crippen molar-refractivity contribution in [2.75, 3.05) is 11.9 Å².